The van der Waals surface area contributed by atoms with Crippen molar-refractivity contribution in [1.82, 2.24) is 9.80 Å². The SMILES string of the molecule is CC(CN1CCN(C(c2ccccc2)c2ccccc2)CC1)C(=O)c1ccc(Cl)cc1. The van der Waals surface area contributed by atoms with Crippen LogP contribution in [0.2, 0.25) is 5.02 Å². The lowest BCUT2D eigenvalue weighted by Crippen LogP contribution is -2.49. The van der Waals surface area contributed by atoms with Gasteiger partial charge in [0.25, 0.3) is 0 Å². The van der Waals surface area contributed by atoms with Crippen LogP contribution < -0.4 is 0 Å². The standard InChI is InChI=1S/C27H29ClN2O/c1-21(27(31)24-12-14-25(28)15-13-24)20-29-16-18-30(19-17-29)26(22-8-4-2-5-9-22)23-10-6-3-7-11-23/h2-15,21,26H,16-20H2,1H3. The zero-order valence-electron chi connectivity index (χ0n) is 18.0. The molecule has 0 spiro atoms. The normalized spacial score (nSPS) is 16.4. The number of rotatable bonds is 7. The van der Waals surface area contributed by atoms with Gasteiger partial charge in [-0.15, -0.1) is 0 Å². The van der Waals surface area contributed by atoms with Crippen LogP contribution in [0.3, 0.4) is 0 Å². The number of halogens is 1. The first-order valence-corrected chi connectivity index (χ1v) is 11.4. The van der Waals surface area contributed by atoms with Gasteiger partial charge in [-0.1, -0.05) is 79.2 Å². The fourth-order valence-electron chi connectivity index (χ4n) is 4.46. The molecule has 4 rings (SSSR count). The maximum absolute atomic E-state index is 12.8. The largest absolute Gasteiger partial charge is 0.300 e. The summed E-state index contributed by atoms with van der Waals surface area (Å²) in [4.78, 5) is 17.8. The highest BCUT2D eigenvalue weighted by Crippen LogP contribution is 2.29. The van der Waals surface area contributed by atoms with E-state index in [2.05, 4.69) is 70.5 Å². The summed E-state index contributed by atoms with van der Waals surface area (Å²) in [6, 6.07) is 29.0. The number of nitrogens with zero attached hydrogens (tertiary/aromatic N) is 2. The zero-order valence-corrected chi connectivity index (χ0v) is 18.7. The summed E-state index contributed by atoms with van der Waals surface area (Å²) in [6.45, 7) is 6.71. The average molecular weight is 433 g/mol. The number of carbonyl (C=O) groups is 1. The molecule has 0 bridgehead atoms. The molecule has 0 aliphatic carbocycles. The van der Waals surface area contributed by atoms with Gasteiger partial charge >= 0.3 is 0 Å². The van der Waals surface area contributed by atoms with Crippen molar-refractivity contribution in [3.8, 4) is 0 Å². The van der Waals surface area contributed by atoms with Crippen molar-refractivity contribution in [2.24, 2.45) is 5.92 Å². The molecule has 4 heteroatoms. The van der Waals surface area contributed by atoms with Crippen molar-refractivity contribution in [3.05, 3.63) is 107 Å². The van der Waals surface area contributed by atoms with Crippen LogP contribution in [0.1, 0.15) is 34.5 Å². The van der Waals surface area contributed by atoms with E-state index >= 15 is 0 Å². The van der Waals surface area contributed by atoms with E-state index in [0.29, 0.717) is 5.02 Å². The van der Waals surface area contributed by atoms with Crippen molar-refractivity contribution < 1.29 is 4.79 Å². The highest BCUT2D eigenvalue weighted by Gasteiger charge is 2.27. The van der Waals surface area contributed by atoms with Crippen molar-refractivity contribution >= 4 is 17.4 Å². The molecule has 3 aromatic carbocycles. The number of piperazine rings is 1. The summed E-state index contributed by atoms with van der Waals surface area (Å²) in [5.41, 5.74) is 3.39. The summed E-state index contributed by atoms with van der Waals surface area (Å²) in [7, 11) is 0. The van der Waals surface area contributed by atoms with Crippen molar-refractivity contribution in [1.29, 1.82) is 0 Å². The minimum atomic E-state index is -0.0354. The van der Waals surface area contributed by atoms with Crippen molar-refractivity contribution in [2.45, 2.75) is 13.0 Å². The lowest BCUT2D eigenvalue weighted by atomic mass is 9.96. The lowest BCUT2D eigenvalue weighted by molar-refractivity contribution is 0.0790. The third-order valence-corrected chi connectivity index (χ3v) is 6.36. The minimum absolute atomic E-state index is 0.0354. The number of hydrogen-bond donors (Lipinski definition) is 0. The van der Waals surface area contributed by atoms with E-state index in [1.54, 1.807) is 12.1 Å². The van der Waals surface area contributed by atoms with E-state index < -0.39 is 0 Å². The number of benzene rings is 3. The molecule has 31 heavy (non-hydrogen) atoms. The molecule has 1 heterocycles. The Labute approximate surface area is 190 Å². The third-order valence-electron chi connectivity index (χ3n) is 6.11. The molecule has 0 amide bonds. The zero-order chi connectivity index (χ0) is 21.6. The summed E-state index contributed by atoms with van der Waals surface area (Å²) < 4.78 is 0. The molecule has 1 unspecified atom stereocenters. The molecule has 0 N–H and O–H groups in total. The van der Waals surface area contributed by atoms with Gasteiger partial charge in [0.1, 0.15) is 0 Å². The van der Waals surface area contributed by atoms with Gasteiger partial charge < -0.3 is 4.90 Å². The van der Waals surface area contributed by atoms with Gasteiger partial charge in [0.15, 0.2) is 5.78 Å². The van der Waals surface area contributed by atoms with Crippen LogP contribution in [-0.4, -0.2) is 48.3 Å². The Hall–Kier alpha value is -2.46. The van der Waals surface area contributed by atoms with Crippen LogP contribution in [0.15, 0.2) is 84.9 Å². The summed E-state index contributed by atoms with van der Waals surface area (Å²) in [5, 5.41) is 0.659. The highest BCUT2D eigenvalue weighted by molar-refractivity contribution is 6.30. The molecule has 1 aliphatic rings. The lowest BCUT2D eigenvalue weighted by Gasteiger charge is -2.40. The van der Waals surface area contributed by atoms with E-state index in [-0.39, 0.29) is 17.7 Å². The third kappa shape index (κ3) is 5.43. The molecule has 1 saturated heterocycles. The van der Waals surface area contributed by atoms with Gasteiger partial charge in [-0.05, 0) is 35.4 Å². The Morgan fingerprint density at radius 2 is 1.32 bits per heavy atom. The first-order valence-electron chi connectivity index (χ1n) is 11.0. The topological polar surface area (TPSA) is 23.6 Å². The molecule has 1 atom stereocenters. The Balaban J connectivity index is 1.40. The number of hydrogen-bond acceptors (Lipinski definition) is 3. The van der Waals surface area contributed by atoms with E-state index in [1.165, 1.54) is 11.1 Å². The summed E-state index contributed by atoms with van der Waals surface area (Å²) in [5.74, 6) is 0.150. The summed E-state index contributed by atoms with van der Waals surface area (Å²) >= 11 is 5.96. The molecule has 1 fully saturated rings. The predicted molar refractivity (Wildman–Crippen MR) is 128 cm³/mol. The fourth-order valence-corrected chi connectivity index (χ4v) is 4.58. The van der Waals surface area contributed by atoms with Gasteiger partial charge in [0.05, 0.1) is 6.04 Å². The quantitative estimate of drug-likeness (QED) is 0.456. The van der Waals surface area contributed by atoms with Crippen LogP contribution >= 0.6 is 11.6 Å². The maximum atomic E-state index is 12.8. The monoisotopic (exact) mass is 432 g/mol. The maximum Gasteiger partial charge on any atom is 0.166 e. The van der Waals surface area contributed by atoms with Crippen LogP contribution in [0.25, 0.3) is 0 Å². The van der Waals surface area contributed by atoms with Crippen molar-refractivity contribution in [2.75, 3.05) is 32.7 Å². The second kappa shape index (κ2) is 10.2. The number of Topliss-reactive ketones (excluding diaryl/α,β-unsaturated/α-hetero) is 1. The minimum Gasteiger partial charge on any atom is -0.300 e. The first kappa shape index (κ1) is 21.8. The Kier molecular flexibility index (Phi) is 7.18. The molecule has 3 aromatic rings. The van der Waals surface area contributed by atoms with Crippen LogP contribution in [0.5, 0.6) is 0 Å². The molecule has 3 nitrogen and oxygen atoms in total. The number of carbonyl (C=O) groups excluding carboxylic acids is 1. The van der Waals surface area contributed by atoms with E-state index in [0.717, 1.165) is 38.3 Å². The predicted octanol–water partition coefficient (Wildman–Crippen LogP) is 5.57. The Morgan fingerprint density at radius 3 is 1.84 bits per heavy atom. The summed E-state index contributed by atoms with van der Waals surface area (Å²) in [6.07, 6.45) is 0. The molecule has 0 radical (unpaired) electrons. The fraction of sp³-hybridized carbons (Fsp3) is 0.296. The second-order valence-electron chi connectivity index (χ2n) is 8.33. The van der Waals surface area contributed by atoms with Crippen LogP contribution in [0.4, 0.5) is 0 Å². The highest BCUT2D eigenvalue weighted by atomic mass is 35.5. The molecular formula is C27H29ClN2O. The first-order chi connectivity index (χ1) is 15.1. The Bertz CT molecular complexity index is 928. The van der Waals surface area contributed by atoms with Crippen LogP contribution in [0, 0.1) is 5.92 Å². The second-order valence-corrected chi connectivity index (χ2v) is 8.77. The number of ketones is 1. The molecule has 0 saturated carbocycles. The Morgan fingerprint density at radius 1 is 0.806 bits per heavy atom. The van der Waals surface area contributed by atoms with Gasteiger partial charge in [0.2, 0.25) is 0 Å². The molecule has 1 aliphatic heterocycles. The molecule has 0 aromatic heterocycles. The van der Waals surface area contributed by atoms with Gasteiger partial charge in [-0.3, -0.25) is 9.69 Å². The molecule has 160 valence electrons. The van der Waals surface area contributed by atoms with E-state index in [4.69, 9.17) is 11.6 Å². The van der Waals surface area contributed by atoms with E-state index in [9.17, 15) is 4.79 Å². The molecular weight excluding hydrogens is 404 g/mol. The average Bonchev–Trinajstić information content (AvgIpc) is 2.82. The van der Waals surface area contributed by atoms with Gasteiger partial charge in [0, 0.05) is 49.2 Å². The van der Waals surface area contributed by atoms with Crippen LogP contribution in [-0.2, 0) is 0 Å². The van der Waals surface area contributed by atoms with Gasteiger partial charge in [-0.25, -0.2) is 0 Å². The smallest absolute Gasteiger partial charge is 0.166 e. The van der Waals surface area contributed by atoms with E-state index in [1.807, 2.05) is 19.1 Å². The van der Waals surface area contributed by atoms with Crippen molar-refractivity contribution in [3.63, 3.8) is 0 Å². The van der Waals surface area contributed by atoms with Gasteiger partial charge in [-0.2, -0.15) is 0 Å².